The molecule has 1 rings (SSSR count). The molecule has 0 amide bonds. The van der Waals surface area contributed by atoms with Crippen molar-refractivity contribution in [2.24, 2.45) is 0 Å². The molecule has 1 aromatic carbocycles. The smallest absolute Gasteiger partial charge is 0.0353 e. The van der Waals surface area contributed by atoms with Crippen LogP contribution in [0.3, 0.4) is 0 Å². The molecule has 0 atom stereocenters. The molecule has 0 heterocycles. The maximum atomic E-state index is 3.21. The van der Waals surface area contributed by atoms with Gasteiger partial charge in [0, 0.05) is 24.2 Å². The van der Waals surface area contributed by atoms with Gasteiger partial charge in [-0.3, -0.25) is 10.4 Å². The monoisotopic (exact) mass is 276 g/mol. The molecule has 2 nitrogen and oxygen atoms in total. The summed E-state index contributed by atoms with van der Waals surface area (Å²) in [4.78, 5) is 0. The van der Waals surface area contributed by atoms with Gasteiger partial charge in [-0.2, -0.15) is 0 Å². The van der Waals surface area contributed by atoms with E-state index in [4.69, 9.17) is 0 Å². The van der Waals surface area contributed by atoms with Crippen LogP contribution in [0, 0.1) is 3.57 Å². The lowest BCUT2D eigenvalue weighted by molar-refractivity contribution is 0.286. The van der Waals surface area contributed by atoms with Gasteiger partial charge >= 0.3 is 0 Å². The summed E-state index contributed by atoms with van der Waals surface area (Å²) in [6.07, 6.45) is 0. The molecule has 66 valence electrons. The quantitative estimate of drug-likeness (QED) is 0.669. The average molecular weight is 276 g/mol. The molecule has 0 aromatic heterocycles. The van der Waals surface area contributed by atoms with Crippen molar-refractivity contribution in [3.8, 4) is 0 Å². The Bertz CT molecular complexity index is 231. The summed E-state index contributed by atoms with van der Waals surface area (Å²) in [5.74, 6) is 0. The molecule has 1 N–H and O–H groups in total. The normalized spacial score (nSPS) is 10.7. The number of nitrogens with zero attached hydrogens (tertiary/aromatic N) is 1. The minimum absolute atomic E-state index is 0.893. The number of nitrogens with one attached hydrogen (secondary N) is 1. The summed E-state index contributed by atoms with van der Waals surface area (Å²) in [7, 11) is 3.99. The summed E-state index contributed by atoms with van der Waals surface area (Å²) >= 11 is 2.31. The van der Waals surface area contributed by atoms with E-state index in [2.05, 4.69) is 52.3 Å². The summed E-state index contributed by atoms with van der Waals surface area (Å²) in [5, 5.41) is 1.96. The largest absolute Gasteiger partial charge is 0.251 e. The fourth-order valence-corrected chi connectivity index (χ4v) is 1.21. The SMILES string of the molecule is CN(C)NCc1ccc(I)cc1. The Morgan fingerprint density at radius 3 is 2.33 bits per heavy atom. The van der Waals surface area contributed by atoms with Gasteiger partial charge in [0.25, 0.3) is 0 Å². The van der Waals surface area contributed by atoms with Crippen LogP contribution in [0.2, 0.25) is 0 Å². The lowest BCUT2D eigenvalue weighted by atomic mass is 10.2. The van der Waals surface area contributed by atoms with Crippen LogP contribution in [0.4, 0.5) is 0 Å². The molecule has 0 spiro atoms. The molecule has 0 saturated heterocycles. The Labute approximate surface area is 87.1 Å². The van der Waals surface area contributed by atoms with Crippen molar-refractivity contribution in [3.05, 3.63) is 33.4 Å². The van der Waals surface area contributed by atoms with Gasteiger partial charge in [-0.05, 0) is 40.3 Å². The zero-order chi connectivity index (χ0) is 8.97. The molecule has 0 aliphatic rings. The molecule has 3 heteroatoms. The van der Waals surface area contributed by atoms with Gasteiger partial charge in [0.1, 0.15) is 0 Å². The molecule has 0 radical (unpaired) electrons. The lowest BCUT2D eigenvalue weighted by Gasteiger charge is -2.11. The van der Waals surface area contributed by atoms with Gasteiger partial charge in [0.05, 0.1) is 0 Å². The van der Waals surface area contributed by atoms with Crippen molar-refractivity contribution >= 4 is 22.6 Å². The molecule has 0 bridgehead atoms. The minimum atomic E-state index is 0.893. The Balaban J connectivity index is 2.48. The Morgan fingerprint density at radius 1 is 1.25 bits per heavy atom. The third-order valence-corrected chi connectivity index (χ3v) is 2.23. The Kier molecular flexibility index (Phi) is 3.97. The molecule has 0 unspecified atom stereocenters. The van der Waals surface area contributed by atoms with E-state index in [0.717, 1.165) is 6.54 Å². The molecular weight excluding hydrogens is 263 g/mol. The number of benzene rings is 1. The second-order valence-corrected chi connectivity index (χ2v) is 4.10. The van der Waals surface area contributed by atoms with Crippen LogP contribution in [0.15, 0.2) is 24.3 Å². The predicted molar refractivity (Wildman–Crippen MR) is 59.7 cm³/mol. The first kappa shape index (κ1) is 9.95. The molecule has 0 aliphatic heterocycles. The van der Waals surface area contributed by atoms with Crippen LogP contribution >= 0.6 is 22.6 Å². The number of hydrogen-bond acceptors (Lipinski definition) is 2. The van der Waals surface area contributed by atoms with Crippen molar-refractivity contribution < 1.29 is 0 Å². The summed E-state index contributed by atoms with van der Waals surface area (Å²) < 4.78 is 1.28. The minimum Gasteiger partial charge on any atom is -0.251 e. The Hall–Kier alpha value is -0.130. The van der Waals surface area contributed by atoms with E-state index in [1.165, 1.54) is 9.13 Å². The molecular formula is C9H13IN2. The number of hydrogen-bond donors (Lipinski definition) is 1. The van der Waals surface area contributed by atoms with Crippen LogP contribution in [0.25, 0.3) is 0 Å². The predicted octanol–water partition coefficient (Wildman–Crippen LogP) is 1.86. The summed E-state index contributed by atoms with van der Waals surface area (Å²) in [6.45, 7) is 0.893. The van der Waals surface area contributed by atoms with Crippen LogP contribution in [-0.2, 0) is 6.54 Å². The van der Waals surface area contributed by atoms with E-state index < -0.39 is 0 Å². The zero-order valence-corrected chi connectivity index (χ0v) is 9.50. The van der Waals surface area contributed by atoms with Gasteiger partial charge in [-0.25, -0.2) is 0 Å². The average Bonchev–Trinajstić information content (AvgIpc) is 2.03. The summed E-state index contributed by atoms with van der Waals surface area (Å²) in [6, 6.07) is 8.51. The molecule has 0 fully saturated rings. The standard InChI is InChI=1S/C9H13IN2/c1-12(2)11-7-8-3-5-9(10)6-4-8/h3-6,11H,7H2,1-2H3. The molecule has 0 saturated carbocycles. The van der Waals surface area contributed by atoms with Crippen molar-refractivity contribution in [1.82, 2.24) is 10.4 Å². The first-order valence-corrected chi connectivity index (χ1v) is 4.91. The second-order valence-electron chi connectivity index (χ2n) is 2.86. The number of halogens is 1. The fraction of sp³-hybridized carbons (Fsp3) is 0.333. The highest BCUT2D eigenvalue weighted by Gasteiger charge is 1.92. The third kappa shape index (κ3) is 3.51. The highest BCUT2D eigenvalue weighted by atomic mass is 127. The topological polar surface area (TPSA) is 15.3 Å². The van der Waals surface area contributed by atoms with Gasteiger partial charge < -0.3 is 0 Å². The molecule has 12 heavy (non-hydrogen) atoms. The second kappa shape index (κ2) is 4.79. The van der Waals surface area contributed by atoms with Gasteiger partial charge in [0.15, 0.2) is 0 Å². The maximum absolute atomic E-state index is 3.21. The highest BCUT2D eigenvalue weighted by Crippen LogP contribution is 2.06. The zero-order valence-electron chi connectivity index (χ0n) is 7.34. The van der Waals surface area contributed by atoms with E-state index >= 15 is 0 Å². The first-order chi connectivity index (χ1) is 5.68. The number of hydrazine groups is 1. The van der Waals surface area contributed by atoms with E-state index in [9.17, 15) is 0 Å². The van der Waals surface area contributed by atoms with Crippen molar-refractivity contribution in [2.45, 2.75) is 6.54 Å². The van der Waals surface area contributed by atoms with Crippen LogP contribution in [-0.4, -0.2) is 19.1 Å². The summed E-state index contributed by atoms with van der Waals surface area (Å²) in [5.41, 5.74) is 4.52. The van der Waals surface area contributed by atoms with E-state index in [0.29, 0.717) is 0 Å². The van der Waals surface area contributed by atoms with Gasteiger partial charge in [-0.1, -0.05) is 12.1 Å². The van der Waals surface area contributed by atoms with Crippen molar-refractivity contribution in [2.75, 3.05) is 14.1 Å². The van der Waals surface area contributed by atoms with Crippen LogP contribution in [0.5, 0.6) is 0 Å². The van der Waals surface area contributed by atoms with Crippen LogP contribution < -0.4 is 5.43 Å². The molecule has 1 aromatic rings. The van der Waals surface area contributed by atoms with Crippen molar-refractivity contribution in [3.63, 3.8) is 0 Å². The Morgan fingerprint density at radius 2 is 1.83 bits per heavy atom. The number of rotatable bonds is 3. The van der Waals surface area contributed by atoms with E-state index in [1.54, 1.807) is 0 Å². The van der Waals surface area contributed by atoms with Gasteiger partial charge in [-0.15, -0.1) is 0 Å². The molecule has 0 aliphatic carbocycles. The van der Waals surface area contributed by atoms with E-state index in [-0.39, 0.29) is 0 Å². The van der Waals surface area contributed by atoms with Crippen LogP contribution in [0.1, 0.15) is 5.56 Å². The lowest BCUT2D eigenvalue weighted by Crippen LogP contribution is -2.29. The van der Waals surface area contributed by atoms with Gasteiger partial charge in [0.2, 0.25) is 0 Å². The fourth-order valence-electron chi connectivity index (χ4n) is 0.852. The maximum Gasteiger partial charge on any atom is 0.0353 e. The van der Waals surface area contributed by atoms with E-state index in [1.807, 2.05) is 19.1 Å². The first-order valence-electron chi connectivity index (χ1n) is 3.84. The van der Waals surface area contributed by atoms with Crippen molar-refractivity contribution in [1.29, 1.82) is 0 Å². The third-order valence-electron chi connectivity index (χ3n) is 1.51. The highest BCUT2D eigenvalue weighted by molar-refractivity contribution is 14.1.